The van der Waals surface area contributed by atoms with Crippen molar-refractivity contribution in [2.45, 2.75) is 174 Å². The molecule has 196 valence electrons. The maximum Gasteiger partial charge on any atom is 0.305 e. The Morgan fingerprint density at radius 1 is 0.485 bits per heavy atom. The van der Waals surface area contributed by atoms with Gasteiger partial charge in [-0.15, -0.1) is 0 Å². The molecule has 0 aromatic heterocycles. The van der Waals surface area contributed by atoms with Crippen molar-refractivity contribution >= 4 is 5.97 Å². The fourth-order valence-electron chi connectivity index (χ4n) is 4.36. The van der Waals surface area contributed by atoms with Crippen LogP contribution in [0.5, 0.6) is 0 Å². The lowest BCUT2D eigenvalue weighted by molar-refractivity contribution is -0.143. The molecule has 0 unspecified atom stereocenters. The highest BCUT2D eigenvalue weighted by Gasteiger charge is 2.02. The molecule has 0 saturated heterocycles. The lowest BCUT2D eigenvalue weighted by atomic mass is 10.1. The first kappa shape index (κ1) is 32.2. The van der Waals surface area contributed by atoms with Crippen LogP contribution in [0.25, 0.3) is 0 Å². The van der Waals surface area contributed by atoms with E-state index in [2.05, 4.69) is 26.0 Å². The van der Waals surface area contributed by atoms with Gasteiger partial charge in [0.05, 0.1) is 6.61 Å². The van der Waals surface area contributed by atoms with E-state index < -0.39 is 0 Å². The smallest absolute Gasteiger partial charge is 0.305 e. The second-order valence-corrected chi connectivity index (χ2v) is 10.1. The highest BCUT2D eigenvalue weighted by molar-refractivity contribution is 5.69. The first-order valence-corrected chi connectivity index (χ1v) is 15.1. The number of carbonyl (C=O) groups excluding carboxylic acids is 1. The van der Waals surface area contributed by atoms with Gasteiger partial charge in [-0.1, -0.05) is 142 Å². The Morgan fingerprint density at radius 2 is 0.848 bits per heavy atom. The Bertz CT molecular complexity index is 402. The molecule has 2 nitrogen and oxygen atoms in total. The fraction of sp³-hybridized carbons (Fsp3) is 0.903. The molecule has 0 fully saturated rings. The molecule has 0 bridgehead atoms. The minimum absolute atomic E-state index is 0.0172. The number of hydrogen-bond acceptors (Lipinski definition) is 2. The van der Waals surface area contributed by atoms with Gasteiger partial charge in [0.1, 0.15) is 0 Å². The molecule has 0 saturated carbocycles. The molecule has 0 aliphatic heterocycles. The van der Waals surface area contributed by atoms with Gasteiger partial charge in [0, 0.05) is 6.42 Å². The fourth-order valence-corrected chi connectivity index (χ4v) is 4.36. The molecular weight excluding hydrogens is 404 g/mol. The van der Waals surface area contributed by atoms with E-state index in [1.807, 2.05) is 0 Å². The summed E-state index contributed by atoms with van der Waals surface area (Å²) in [6.45, 7) is 5.17. The zero-order chi connectivity index (χ0) is 24.1. The molecule has 0 atom stereocenters. The molecule has 0 aliphatic carbocycles. The molecule has 0 aliphatic rings. The van der Waals surface area contributed by atoms with Crippen LogP contribution in [0.15, 0.2) is 12.2 Å². The molecule has 0 heterocycles. The number of allylic oxidation sites excluding steroid dienone is 2. The third kappa shape index (κ3) is 29.2. The number of hydrogen-bond donors (Lipinski definition) is 0. The lowest BCUT2D eigenvalue weighted by Crippen LogP contribution is -2.05. The third-order valence-corrected chi connectivity index (χ3v) is 6.65. The molecule has 0 aromatic carbocycles. The standard InChI is InChI=1S/C31H60O2/c1-3-5-7-9-11-13-15-16-17-18-19-21-23-25-27-29-31(32)33-30-28-26-24-22-20-14-12-10-8-6-4-2/h13,15H,3-12,14,16-30H2,1-2H3. The topological polar surface area (TPSA) is 26.3 Å². The van der Waals surface area contributed by atoms with Crippen LogP contribution in [0, 0.1) is 0 Å². The average molecular weight is 465 g/mol. The summed E-state index contributed by atoms with van der Waals surface area (Å²) in [5, 5.41) is 0. The molecule has 0 rings (SSSR count). The van der Waals surface area contributed by atoms with Crippen molar-refractivity contribution in [3.05, 3.63) is 12.2 Å². The van der Waals surface area contributed by atoms with Crippen molar-refractivity contribution in [1.29, 1.82) is 0 Å². The van der Waals surface area contributed by atoms with Crippen LogP contribution in [0.2, 0.25) is 0 Å². The summed E-state index contributed by atoms with van der Waals surface area (Å²) in [5.74, 6) is 0.0172. The van der Waals surface area contributed by atoms with Crippen molar-refractivity contribution < 1.29 is 9.53 Å². The predicted octanol–water partition coefficient (Wildman–Crippen LogP) is 10.9. The average Bonchev–Trinajstić information content (AvgIpc) is 2.82. The first-order valence-electron chi connectivity index (χ1n) is 15.1. The maximum atomic E-state index is 11.8. The quantitative estimate of drug-likeness (QED) is 0.0686. The summed E-state index contributed by atoms with van der Waals surface area (Å²) in [7, 11) is 0. The molecule has 2 heteroatoms. The van der Waals surface area contributed by atoms with E-state index in [4.69, 9.17) is 4.74 Å². The van der Waals surface area contributed by atoms with Gasteiger partial charge in [-0.3, -0.25) is 4.79 Å². The highest BCUT2D eigenvalue weighted by atomic mass is 16.5. The van der Waals surface area contributed by atoms with Crippen molar-refractivity contribution in [3.63, 3.8) is 0 Å². The van der Waals surface area contributed by atoms with E-state index in [0.717, 1.165) is 12.8 Å². The van der Waals surface area contributed by atoms with Crippen LogP contribution in [-0.4, -0.2) is 12.6 Å². The van der Waals surface area contributed by atoms with E-state index in [1.165, 1.54) is 141 Å². The summed E-state index contributed by atoms with van der Waals surface area (Å²) in [5.41, 5.74) is 0. The van der Waals surface area contributed by atoms with Crippen molar-refractivity contribution in [3.8, 4) is 0 Å². The van der Waals surface area contributed by atoms with Crippen LogP contribution in [0.1, 0.15) is 174 Å². The number of unbranched alkanes of at least 4 members (excludes halogenated alkanes) is 21. The summed E-state index contributed by atoms with van der Waals surface area (Å²) in [4.78, 5) is 11.8. The van der Waals surface area contributed by atoms with Crippen molar-refractivity contribution in [1.82, 2.24) is 0 Å². The Hall–Kier alpha value is -0.790. The number of esters is 1. The summed E-state index contributed by atoms with van der Waals surface area (Å²) < 4.78 is 5.40. The SMILES string of the molecule is CCCCCCC=CCCCCCCCCCC(=O)OCCCCCCCCCCCCC. The molecule has 33 heavy (non-hydrogen) atoms. The van der Waals surface area contributed by atoms with E-state index in [-0.39, 0.29) is 5.97 Å². The van der Waals surface area contributed by atoms with Crippen LogP contribution in [0.4, 0.5) is 0 Å². The van der Waals surface area contributed by atoms with Gasteiger partial charge in [0.2, 0.25) is 0 Å². The highest BCUT2D eigenvalue weighted by Crippen LogP contribution is 2.13. The van der Waals surface area contributed by atoms with Gasteiger partial charge in [-0.05, 0) is 38.5 Å². The van der Waals surface area contributed by atoms with Crippen LogP contribution >= 0.6 is 0 Å². The monoisotopic (exact) mass is 464 g/mol. The largest absolute Gasteiger partial charge is 0.466 e. The van der Waals surface area contributed by atoms with Gasteiger partial charge >= 0.3 is 5.97 Å². The van der Waals surface area contributed by atoms with Crippen LogP contribution in [0.3, 0.4) is 0 Å². The second-order valence-electron chi connectivity index (χ2n) is 10.1. The summed E-state index contributed by atoms with van der Waals surface area (Å²) >= 11 is 0. The Kier molecular flexibility index (Phi) is 28.5. The van der Waals surface area contributed by atoms with E-state index in [1.54, 1.807) is 0 Å². The minimum atomic E-state index is 0.0172. The van der Waals surface area contributed by atoms with Crippen molar-refractivity contribution in [2.75, 3.05) is 6.61 Å². The van der Waals surface area contributed by atoms with E-state index >= 15 is 0 Å². The van der Waals surface area contributed by atoms with Gasteiger partial charge in [-0.25, -0.2) is 0 Å². The Labute approximate surface area is 208 Å². The molecule has 0 N–H and O–H groups in total. The molecular formula is C31H60O2. The molecule has 0 amide bonds. The maximum absolute atomic E-state index is 11.8. The molecule has 0 spiro atoms. The van der Waals surface area contributed by atoms with E-state index in [0.29, 0.717) is 13.0 Å². The van der Waals surface area contributed by atoms with Crippen molar-refractivity contribution in [2.24, 2.45) is 0 Å². The van der Waals surface area contributed by atoms with Crippen LogP contribution in [-0.2, 0) is 9.53 Å². The zero-order valence-electron chi connectivity index (χ0n) is 22.9. The summed E-state index contributed by atoms with van der Waals surface area (Å²) in [6, 6.07) is 0. The lowest BCUT2D eigenvalue weighted by Gasteiger charge is -2.05. The predicted molar refractivity (Wildman–Crippen MR) is 147 cm³/mol. The number of carbonyl (C=O) groups is 1. The van der Waals surface area contributed by atoms with Gasteiger partial charge in [0.25, 0.3) is 0 Å². The van der Waals surface area contributed by atoms with Crippen LogP contribution < -0.4 is 0 Å². The normalized spacial score (nSPS) is 11.5. The third-order valence-electron chi connectivity index (χ3n) is 6.65. The van der Waals surface area contributed by atoms with Gasteiger partial charge in [0.15, 0.2) is 0 Å². The summed E-state index contributed by atoms with van der Waals surface area (Å²) in [6.07, 6.45) is 36.7. The van der Waals surface area contributed by atoms with Gasteiger partial charge < -0.3 is 4.74 Å². The Morgan fingerprint density at radius 3 is 1.33 bits per heavy atom. The minimum Gasteiger partial charge on any atom is -0.466 e. The Balaban J connectivity index is 3.18. The molecule has 0 aromatic rings. The van der Waals surface area contributed by atoms with E-state index in [9.17, 15) is 4.79 Å². The zero-order valence-corrected chi connectivity index (χ0v) is 22.9. The first-order chi connectivity index (χ1) is 16.3. The number of rotatable bonds is 27. The van der Waals surface area contributed by atoms with Gasteiger partial charge in [-0.2, -0.15) is 0 Å². The number of ether oxygens (including phenoxy) is 1. The second kappa shape index (κ2) is 29.2. The molecule has 0 radical (unpaired) electrons.